The monoisotopic (exact) mass is 287 g/mol. The van der Waals surface area contributed by atoms with Crippen LogP contribution in [0.25, 0.3) is 0 Å². The average molecular weight is 287 g/mol. The second-order valence-electron chi connectivity index (χ2n) is 3.03. The van der Waals surface area contributed by atoms with Gasteiger partial charge in [-0.15, -0.1) is 6.58 Å². The van der Waals surface area contributed by atoms with Crippen LogP contribution < -0.4 is 5.73 Å². The van der Waals surface area contributed by atoms with Crippen LogP contribution in [0.5, 0.6) is 0 Å². The molecule has 0 saturated carbocycles. The van der Waals surface area contributed by atoms with E-state index >= 15 is 0 Å². The van der Waals surface area contributed by atoms with E-state index in [9.17, 15) is 0 Å². The van der Waals surface area contributed by atoms with Crippen molar-refractivity contribution in [3.8, 4) is 0 Å². The Hall–Kier alpha value is -0.350. The first-order chi connectivity index (χ1) is 6.24. The molecule has 0 fully saturated rings. The highest BCUT2D eigenvalue weighted by atomic mass is 127. The van der Waals surface area contributed by atoms with Gasteiger partial charge in [0.05, 0.1) is 0 Å². The van der Waals surface area contributed by atoms with Gasteiger partial charge in [-0.2, -0.15) is 0 Å². The number of nitrogens with two attached hydrogens (primary N) is 1. The molecule has 0 spiro atoms. The molecule has 13 heavy (non-hydrogen) atoms. The van der Waals surface area contributed by atoms with Crippen LogP contribution in [-0.4, -0.2) is 0 Å². The van der Waals surface area contributed by atoms with Crippen molar-refractivity contribution in [2.75, 3.05) is 0 Å². The van der Waals surface area contributed by atoms with E-state index < -0.39 is 0 Å². The highest BCUT2D eigenvalue weighted by Crippen LogP contribution is 2.17. The maximum Gasteiger partial charge on any atom is 0.0298 e. The Morgan fingerprint density at radius 3 is 2.92 bits per heavy atom. The first-order valence-electron chi connectivity index (χ1n) is 4.36. The van der Waals surface area contributed by atoms with E-state index in [4.69, 9.17) is 5.73 Å². The predicted molar refractivity (Wildman–Crippen MR) is 65.5 cm³/mol. The van der Waals surface area contributed by atoms with E-state index in [0.717, 1.165) is 12.8 Å². The lowest BCUT2D eigenvalue weighted by Gasteiger charge is -2.10. The summed E-state index contributed by atoms with van der Waals surface area (Å²) >= 11 is 2.30. The number of hydrogen-bond donors (Lipinski definition) is 1. The number of hydrogen-bond acceptors (Lipinski definition) is 1. The minimum atomic E-state index is 0.146. The Morgan fingerprint density at radius 2 is 2.31 bits per heavy atom. The van der Waals surface area contributed by atoms with Gasteiger partial charge in [-0.3, -0.25) is 0 Å². The zero-order valence-electron chi connectivity index (χ0n) is 7.54. The van der Waals surface area contributed by atoms with E-state index in [1.54, 1.807) is 0 Å². The van der Waals surface area contributed by atoms with Crippen LogP contribution >= 0.6 is 22.6 Å². The normalized spacial score (nSPS) is 12.5. The van der Waals surface area contributed by atoms with Gasteiger partial charge in [-0.05, 0) is 53.1 Å². The smallest absolute Gasteiger partial charge is 0.0298 e. The SMILES string of the molecule is C=CCC[C@H](N)c1cccc(I)c1. The van der Waals surface area contributed by atoms with Crippen LogP contribution in [0.4, 0.5) is 0 Å². The fourth-order valence-electron chi connectivity index (χ4n) is 1.20. The predicted octanol–water partition coefficient (Wildman–Crippen LogP) is 3.26. The number of allylic oxidation sites excluding steroid dienone is 1. The molecule has 2 heteroatoms. The van der Waals surface area contributed by atoms with Crippen molar-refractivity contribution < 1.29 is 0 Å². The third-order valence-electron chi connectivity index (χ3n) is 1.96. The maximum atomic E-state index is 6.00. The van der Waals surface area contributed by atoms with Crippen molar-refractivity contribution in [1.82, 2.24) is 0 Å². The molecule has 1 atom stereocenters. The van der Waals surface area contributed by atoms with Gasteiger partial charge in [-0.1, -0.05) is 18.2 Å². The molecule has 1 aromatic rings. The summed E-state index contributed by atoms with van der Waals surface area (Å²) in [6.07, 6.45) is 3.87. The summed E-state index contributed by atoms with van der Waals surface area (Å²) < 4.78 is 1.24. The Morgan fingerprint density at radius 1 is 1.54 bits per heavy atom. The lowest BCUT2D eigenvalue weighted by Crippen LogP contribution is -2.09. The fourth-order valence-corrected chi connectivity index (χ4v) is 1.77. The Labute approximate surface area is 93.2 Å². The molecule has 0 saturated heterocycles. The van der Waals surface area contributed by atoms with Crippen LogP contribution in [0.15, 0.2) is 36.9 Å². The Balaban J connectivity index is 2.65. The molecule has 0 heterocycles. The molecular weight excluding hydrogens is 273 g/mol. The van der Waals surface area contributed by atoms with Crippen molar-refractivity contribution in [2.24, 2.45) is 5.73 Å². The van der Waals surface area contributed by atoms with Crippen LogP contribution in [0, 0.1) is 3.57 Å². The highest BCUT2D eigenvalue weighted by molar-refractivity contribution is 14.1. The molecule has 0 bridgehead atoms. The first kappa shape index (κ1) is 10.7. The first-order valence-corrected chi connectivity index (χ1v) is 5.44. The minimum Gasteiger partial charge on any atom is -0.324 e. The topological polar surface area (TPSA) is 26.0 Å². The second-order valence-corrected chi connectivity index (χ2v) is 4.27. The van der Waals surface area contributed by atoms with Crippen LogP contribution in [0.1, 0.15) is 24.4 Å². The van der Waals surface area contributed by atoms with Gasteiger partial charge >= 0.3 is 0 Å². The van der Waals surface area contributed by atoms with Gasteiger partial charge in [0.2, 0.25) is 0 Å². The van der Waals surface area contributed by atoms with E-state index in [-0.39, 0.29) is 6.04 Å². The summed E-state index contributed by atoms with van der Waals surface area (Å²) in [7, 11) is 0. The van der Waals surface area contributed by atoms with Gasteiger partial charge < -0.3 is 5.73 Å². The molecule has 0 aliphatic rings. The van der Waals surface area contributed by atoms with Gasteiger partial charge in [0.15, 0.2) is 0 Å². The molecule has 1 nitrogen and oxygen atoms in total. The largest absolute Gasteiger partial charge is 0.324 e. The summed E-state index contributed by atoms with van der Waals surface area (Å²) in [5, 5.41) is 0. The zero-order chi connectivity index (χ0) is 9.68. The summed E-state index contributed by atoms with van der Waals surface area (Å²) in [4.78, 5) is 0. The maximum absolute atomic E-state index is 6.00. The van der Waals surface area contributed by atoms with E-state index in [1.165, 1.54) is 9.13 Å². The highest BCUT2D eigenvalue weighted by Gasteiger charge is 2.04. The lowest BCUT2D eigenvalue weighted by atomic mass is 10.0. The number of benzene rings is 1. The average Bonchev–Trinajstić information content (AvgIpc) is 2.14. The molecule has 0 radical (unpaired) electrons. The van der Waals surface area contributed by atoms with Gasteiger partial charge in [0.1, 0.15) is 0 Å². The second kappa shape index (κ2) is 5.40. The van der Waals surface area contributed by atoms with Crippen molar-refractivity contribution in [3.63, 3.8) is 0 Å². The summed E-state index contributed by atoms with van der Waals surface area (Å²) in [5.74, 6) is 0. The molecular formula is C11H14IN. The zero-order valence-corrected chi connectivity index (χ0v) is 9.70. The molecule has 1 aromatic carbocycles. The number of halogens is 1. The summed E-state index contributed by atoms with van der Waals surface area (Å²) in [5.41, 5.74) is 7.22. The van der Waals surface area contributed by atoms with E-state index in [1.807, 2.05) is 12.1 Å². The molecule has 70 valence electrons. The summed E-state index contributed by atoms with van der Waals surface area (Å²) in [6.45, 7) is 3.69. The van der Waals surface area contributed by atoms with Crippen LogP contribution in [0.2, 0.25) is 0 Å². The van der Waals surface area contributed by atoms with Crippen molar-refractivity contribution >= 4 is 22.6 Å². The molecule has 0 amide bonds. The van der Waals surface area contributed by atoms with E-state index in [2.05, 4.69) is 47.4 Å². The minimum absolute atomic E-state index is 0.146. The van der Waals surface area contributed by atoms with E-state index in [0.29, 0.717) is 0 Å². The van der Waals surface area contributed by atoms with Crippen LogP contribution in [0.3, 0.4) is 0 Å². The van der Waals surface area contributed by atoms with Crippen molar-refractivity contribution in [3.05, 3.63) is 46.1 Å². The third kappa shape index (κ3) is 3.48. The fraction of sp³-hybridized carbons (Fsp3) is 0.273. The third-order valence-corrected chi connectivity index (χ3v) is 2.63. The quantitative estimate of drug-likeness (QED) is 0.667. The Bertz CT molecular complexity index is 283. The Kier molecular flexibility index (Phi) is 4.45. The molecule has 0 aliphatic heterocycles. The molecule has 0 aromatic heterocycles. The summed E-state index contributed by atoms with van der Waals surface area (Å²) in [6, 6.07) is 8.48. The van der Waals surface area contributed by atoms with Crippen LogP contribution in [-0.2, 0) is 0 Å². The molecule has 2 N–H and O–H groups in total. The van der Waals surface area contributed by atoms with Gasteiger partial charge in [0, 0.05) is 9.61 Å². The van der Waals surface area contributed by atoms with Crippen molar-refractivity contribution in [2.45, 2.75) is 18.9 Å². The number of rotatable bonds is 4. The molecule has 0 unspecified atom stereocenters. The standard InChI is InChI=1S/C11H14IN/c1-2-3-7-11(13)9-5-4-6-10(12)8-9/h2,4-6,8,11H,1,3,7,13H2/t11-/m0/s1. The van der Waals surface area contributed by atoms with Crippen molar-refractivity contribution in [1.29, 1.82) is 0 Å². The van der Waals surface area contributed by atoms with Gasteiger partial charge in [0.25, 0.3) is 0 Å². The molecule has 1 rings (SSSR count). The van der Waals surface area contributed by atoms with Gasteiger partial charge in [-0.25, -0.2) is 0 Å². The lowest BCUT2D eigenvalue weighted by molar-refractivity contribution is 0.661. The molecule has 0 aliphatic carbocycles.